The molecule has 0 aromatic carbocycles. The first-order chi connectivity index (χ1) is 6.15. The van der Waals surface area contributed by atoms with E-state index in [1.165, 1.54) is 25.7 Å². The molecule has 0 unspecified atom stereocenters. The SMILES string of the molecule is CC(=O)O.CCCCCCN.[CH2-]C.[Na+]. The maximum Gasteiger partial charge on any atom is 1.00 e. The van der Waals surface area contributed by atoms with E-state index >= 15 is 0 Å². The van der Waals surface area contributed by atoms with Crippen LogP contribution in [0, 0.1) is 6.92 Å². The van der Waals surface area contributed by atoms with Crippen molar-refractivity contribution >= 4 is 5.97 Å². The number of hydrogen-bond acceptors (Lipinski definition) is 2. The molecule has 0 aromatic rings. The van der Waals surface area contributed by atoms with Gasteiger partial charge in [-0.3, -0.25) is 4.79 Å². The first-order valence-corrected chi connectivity index (χ1v) is 4.75. The molecule has 0 heterocycles. The molecule has 0 aliphatic heterocycles. The Balaban J connectivity index is -0.0000000620. The molecule has 82 valence electrons. The Morgan fingerprint density at radius 2 is 1.64 bits per heavy atom. The van der Waals surface area contributed by atoms with Gasteiger partial charge in [0.05, 0.1) is 0 Å². The van der Waals surface area contributed by atoms with Gasteiger partial charge >= 0.3 is 29.6 Å². The second-order valence-corrected chi connectivity index (χ2v) is 2.37. The van der Waals surface area contributed by atoms with Crippen molar-refractivity contribution in [3.63, 3.8) is 0 Å². The van der Waals surface area contributed by atoms with Crippen LogP contribution < -0.4 is 35.3 Å². The molecule has 0 aliphatic rings. The average molecular weight is 213 g/mol. The third kappa shape index (κ3) is 82.7. The standard InChI is InChI=1S/C6H15N.C2H4O2.C2H5.Na/c1-2-3-4-5-6-7;1-2(3)4;1-2;/h2-7H2,1H3;1H3,(H,3,4);1H2,2H3;/q;;-1;+1. The fourth-order valence-electron chi connectivity index (χ4n) is 0.571. The number of carboxylic acids is 1. The summed E-state index contributed by atoms with van der Waals surface area (Å²) in [5.41, 5.74) is 5.27. The molecular formula is C10H24NNaO2. The Labute approximate surface area is 111 Å². The number of carbonyl (C=O) groups is 1. The van der Waals surface area contributed by atoms with E-state index in [1.807, 2.05) is 0 Å². The molecule has 3 nitrogen and oxygen atoms in total. The minimum absolute atomic E-state index is 0. The maximum atomic E-state index is 9.00. The van der Waals surface area contributed by atoms with E-state index in [1.54, 1.807) is 6.92 Å². The summed E-state index contributed by atoms with van der Waals surface area (Å²) >= 11 is 0. The molecule has 0 atom stereocenters. The molecule has 0 rings (SSSR count). The average Bonchev–Trinajstić information content (AvgIpc) is 2.08. The summed E-state index contributed by atoms with van der Waals surface area (Å²) in [6.07, 6.45) is 5.16. The van der Waals surface area contributed by atoms with Crippen molar-refractivity contribution in [1.82, 2.24) is 0 Å². The van der Waals surface area contributed by atoms with Crippen molar-refractivity contribution in [2.45, 2.75) is 46.5 Å². The van der Waals surface area contributed by atoms with Crippen molar-refractivity contribution in [3.05, 3.63) is 6.92 Å². The van der Waals surface area contributed by atoms with Crippen LogP contribution in [0.5, 0.6) is 0 Å². The third-order valence-corrected chi connectivity index (χ3v) is 1.06. The van der Waals surface area contributed by atoms with Gasteiger partial charge in [-0.25, -0.2) is 0 Å². The monoisotopic (exact) mass is 213 g/mol. The molecule has 0 radical (unpaired) electrons. The summed E-state index contributed by atoms with van der Waals surface area (Å²) in [6.45, 7) is 9.15. The van der Waals surface area contributed by atoms with E-state index in [-0.39, 0.29) is 29.6 Å². The third-order valence-electron chi connectivity index (χ3n) is 1.06. The predicted octanol–water partition coefficient (Wildman–Crippen LogP) is -0.539. The summed E-state index contributed by atoms with van der Waals surface area (Å²) in [5.74, 6) is -0.833. The second kappa shape index (κ2) is 29.2. The molecule has 0 saturated carbocycles. The molecule has 0 spiro atoms. The molecule has 0 aromatic heterocycles. The quantitative estimate of drug-likeness (QED) is 0.374. The number of rotatable bonds is 4. The van der Waals surface area contributed by atoms with Crippen LogP contribution in [0.25, 0.3) is 0 Å². The van der Waals surface area contributed by atoms with E-state index in [4.69, 9.17) is 15.6 Å². The largest absolute Gasteiger partial charge is 1.00 e. The van der Waals surface area contributed by atoms with Crippen molar-refractivity contribution in [1.29, 1.82) is 0 Å². The van der Waals surface area contributed by atoms with Gasteiger partial charge < -0.3 is 17.8 Å². The van der Waals surface area contributed by atoms with Gasteiger partial charge in [0.25, 0.3) is 5.97 Å². The summed E-state index contributed by atoms with van der Waals surface area (Å²) in [5, 5.41) is 7.42. The minimum Gasteiger partial charge on any atom is -0.481 e. The molecule has 0 saturated heterocycles. The van der Waals surface area contributed by atoms with Crippen LogP contribution in [0.2, 0.25) is 0 Å². The van der Waals surface area contributed by atoms with Crippen LogP contribution in [0.3, 0.4) is 0 Å². The Morgan fingerprint density at radius 1 is 1.29 bits per heavy atom. The predicted molar refractivity (Wildman–Crippen MR) is 57.5 cm³/mol. The number of aliphatic carboxylic acids is 1. The molecule has 3 N–H and O–H groups in total. The number of nitrogens with two attached hydrogens (primary N) is 1. The number of unbranched alkanes of at least 4 members (excludes halogenated alkanes) is 3. The van der Waals surface area contributed by atoms with E-state index in [0.717, 1.165) is 13.5 Å². The van der Waals surface area contributed by atoms with Crippen molar-refractivity contribution in [2.75, 3.05) is 6.54 Å². The van der Waals surface area contributed by atoms with Crippen molar-refractivity contribution < 1.29 is 39.5 Å². The van der Waals surface area contributed by atoms with Crippen LogP contribution in [-0.2, 0) is 4.79 Å². The number of carboxylic acid groups (broad SMARTS) is 1. The zero-order valence-electron chi connectivity index (χ0n) is 10.2. The van der Waals surface area contributed by atoms with Gasteiger partial charge in [-0.2, -0.15) is 6.92 Å². The smallest absolute Gasteiger partial charge is 0.481 e. The van der Waals surface area contributed by atoms with Gasteiger partial charge in [0, 0.05) is 6.92 Å². The van der Waals surface area contributed by atoms with Gasteiger partial charge in [0.1, 0.15) is 0 Å². The topological polar surface area (TPSA) is 63.3 Å². The van der Waals surface area contributed by atoms with Gasteiger partial charge in [0.15, 0.2) is 0 Å². The molecule has 14 heavy (non-hydrogen) atoms. The van der Waals surface area contributed by atoms with Crippen LogP contribution in [0.1, 0.15) is 46.5 Å². The maximum absolute atomic E-state index is 9.00. The van der Waals surface area contributed by atoms with E-state index in [2.05, 4.69) is 13.8 Å². The summed E-state index contributed by atoms with van der Waals surface area (Å²) in [7, 11) is 0. The van der Waals surface area contributed by atoms with Crippen LogP contribution >= 0.6 is 0 Å². The van der Waals surface area contributed by atoms with E-state index in [0.29, 0.717) is 0 Å². The van der Waals surface area contributed by atoms with Gasteiger partial charge in [-0.1, -0.05) is 26.2 Å². The Kier molecular flexibility index (Phi) is 49.9. The molecule has 0 fully saturated rings. The minimum atomic E-state index is -0.833. The van der Waals surface area contributed by atoms with Crippen LogP contribution in [-0.4, -0.2) is 17.6 Å². The van der Waals surface area contributed by atoms with Gasteiger partial charge in [-0.05, 0) is 13.0 Å². The molecule has 0 amide bonds. The fourth-order valence-corrected chi connectivity index (χ4v) is 0.571. The fraction of sp³-hybridized carbons (Fsp3) is 0.800. The summed E-state index contributed by atoms with van der Waals surface area (Å²) in [6, 6.07) is 0. The van der Waals surface area contributed by atoms with Crippen LogP contribution in [0.15, 0.2) is 0 Å². The Morgan fingerprint density at radius 3 is 1.86 bits per heavy atom. The van der Waals surface area contributed by atoms with Crippen LogP contribution in [0.4, 0.5) is 0 Å². The zero-order chi connectivity index (χ0) is 11.1. The Hall–Kier alpha value is 0.430. The summed E-state index contributed by atoms with van der Waals surface area (Å²) in [4.78, 5) is 9.00. The van der Waals surface area contributed by atoms with Crippen molar-refractivity contribution in [2.24, 2.45) is 5.73 Å². The van der Waals surface area contributed by atoms with Crippen molar-refractivity contribution in [3.8, 4) is 0 Å². The number of hydrogen-bond donors (Lipinski definition) is 2. The molecule has 0 bridgehead atoms. The van der Waals surface area contributed by atoms with E-state index in [9.17, 15) is 0 Å². The zero-order valence-corrected chi connectivity index (χ0v) is 12.2. The van der Waals surface area contributed by atoms with Gasteiger partial charge in [0.2, 0.25) is 0 Å². The first-order valence-electron chi connectivity index (χ1n) is 4.75. The first kappa shape index (κ1) is 23.9. The molecular weight excluding hydrogens is 189 g/mol. The normalized spacial score (nSPS) is 6.93. The van der Waals surface area contributed by atoms with Gasteiger partial charge in [-0.15, -0.1) is 0 Å². The molecule has 0 aliphatic carbocycles. The summed E-state index contributed by atoms with van der Waals surface area (Å²) < 4.78 is 0. The molecule has 4 heteroatoms. The van der Waals surface area contributed by atoms with E-state index < -0.39 is 5.97 Å². The second-order valence-electron chi connectivity index (χ2n) is 2.37. The Bertz CT molecular complexity index is 82.2.